The summed E-state index contributed by atoms with van der Waals surface area (Å²) in [5, 5.41) is 5.88. The van der Waals surface area contributed by atoms with Crippen LogP contribution >= 0.6 is 23.1 Å². The van der Waals surface area contributed by atoms with Crippen molar-refractivity contribution in [1.29, 1.82) is 0 Å². The number of thiazole rings is 1. The highest BCUT2D eigenvalue weighted by Crippen LogP contribution is 2.23. The van der Waals surface area contributed by atoms with Gasteiger partial charge in [-0.2, -0.15) is 0 Å². The van der Waals surface area contributed by atoms with E-state index in [0.717, 1.165) is 16.3 Å². The zero-order valence-electron chi connectivity index (χ0n) is 11.8. The highest BCUT2D eigenvalue weighted by atomic mass is 32.2. The van der Waals surface area contributed by atoms with Crippen molar-refractivity contribution in [3.63, 3.8) is 0 Å². The van der Waals surface area contributed by atoms with Crippen LogP contribution < -0.4 is 5.56 Å². The molecular weight excluding hydrogens is 334 g/mol. The van der Waals surface area contributed by atoms with Crippen LogP contribution in [0.1, 0.15) is 11.4 Å². The summed E-state index contributed by atoms with van der Waals surface area (Å²) >= 11 is 3.08. The lowest BCUT2D eigenvalue weighted by molar-refractivity contribution is 0.413. The third kappa shape index (κ3) is 2.95. The van der Waals surface area contributed by atoms with Crippen LogP contribution in [0.4, 0.5) is 0 Å². The van der Waals surface area contributed by atoms with Crippen molar-refractivity contribution in [1.82, 2.24) is 14.5 Å². The molecule has 0 saturated heterocycles. The normalized spacial score (nSPS) is 11.3. The maximum atomic E-state index is 11.9. The standard InChI is InChI=1S/C15H11N3O3S2/c19-14-7-10(16-15-18(14)3-5-23-15)8-22-9-11-6-13(21-17-11)12-2-1-4-20-12/h1-7H,8-9H2. The van der Waals surface area contributed by atoms with Gasteiger partial charge in [0.15, 0.2) is 10.7 Å². The molecule has 0 aliphatic heterocycles. The molecule has 6 nitrogen and oxygen atoms in total. The highest BCUT2D eigenvalue weighted by Gasteiger charge is 2.09. The number of aromatic nitrogens is 3. The van der Waals surface area contributed by atoms with Crippen LogP contribution in [0.3, 0.4) is 0 Å². The first-order valence-corrected chi connectivity index (χ1v) is 8.86. The van der Waals surface area contributed by atoms with E-state index in [-0.39, 0.29) is 5.56 Å². The quantitative estimate of drug-likeness (QED) is 0.552. The smallest absolute Gasteiger partial charge is 0.258 e. The maximum Gasteiger partial charge on any atom is 0.258 e. The first kappa shape index (κ1) is 14.3. The molecule has 4 rings (SSSR count). The summed E-state index contributed by atoms with van der Waals surface area (Å²) in [6.07, 6.45) is 3.33. The second-order valence-corrected chi connectivity index (χ2v) is 6.65. The molecule has 0 bridgehead atoms. The molecule has 4 heterocycles. The molecule has 0 aromatic carbocycles. The van der Waals surface area contributed by atoms with Crippen molar-refractivity contribution in [2.45, 2.75) is 11.5 Å². The average molecular weight is 345 g/mol. The van der Waals surface area contributed by atoms with Gasteiger partial charge in [-0.05, 0) is 12.1 Å². The van der Waals surface area contributed by atoms with E-state index in [4.69, 9.17) is 8.94 Å². The molecule has 23 heavy (non-hydrogen) atoms. The lowest BCUT2D eigenvalue weighted by Crippen LogP contribution is -2.12. The lowest BCUT2D eigenvalue weighted by Gasteiger charge is -1.99. The zero-order chi connectivity index (χ0) is 15.6. The van der Waals surface area contributed by atoms with Crippen LogP contribution in [0.2, 0.25) is 0 Å². The van der Waals surface area contributed by atoms with Crippen LogP contribution in [0.15, 0.2) is 55.8 Å². The van der Waals surface area contributed by atoms with Crippen LogP contribution in [0, 0.1) is 0 Å². The van der Waals surface area contributed by atoms with Crippen molar-refractivity contribution in [2.75, 3.05) is 0 Å². The number of thioether (sulfide) groups is 1. The van der Waals surface area contributed by atoms with E-state index in [1.807, 2.05) is 17.5 Å². The molecule has 0 amide bonds. The zero-order valence-corrected chi connectivity index (χ0v) is 13.5. The van der Waals surface area contributed by atoms with Crippen molar-refractivity contribution in [3.05, 3.63) is 63.8 Å². The molecule has 0 saturated carbocycles. The summed E-state index contributed by atoms with van der Waals surface area (Å²) in [7, 11) is 0. The number of rotatable bonds is 5. The van der Waals surface area contributed by atoms with E-state index in [9.17, 15) is 4.79 Å². The summed E-state index contributed by atoms with van der Waals surface area (Å²) in [5.74, 6) is 2.59. The number of fused-ring (bicyclic) bond motifs is 1. The molecule has 0 N–H and O–H groups in total. The Hall–Kier alpha value is -2.32. The van der Waals surface area contributed by atoms with Gasteiger partial charge in [-0.3, -0.25) is 9.20 Å². The Labute approximate surface area is 138 Å². The second kappa shape index (κ2) is 6.05. The van der Waals surface area contributed by atoms with E-state index < -0.39 is 0 Å². The number of hydrogen-bond acceptors (Lipinski definition) is 7. The minimum absolute atomic E-state index is 0.0478. The van der Waals surface area contributed by atoms with E-state index in [0.29, 0.717) is 23.0 Å². The molecule has 8 heteroatoms. The Bertz CT molecular complexity index is 985. The van der Waals surface area contributed by atoms with Gasteiger partial charge in [-0.25, -0.2) is 4.98 Å². The lowest BCUT2D eigenvalue weighted by atomic mass is 10.3. The Kier molecular flexibility index (Phi) is 3.76. The average Bonchev–Trinajstić information content (AvgIpc) is 3.28. The predicted molar refractivity (Wildman–Crippen MR) is 88.5 cm³/mol. The van der Waals surface area contributed by atoms with Crippen molar-refractivity contribution >= 4 is 28.1 Å². The Morgan fingerprint density at radius 3 is 3.00 bits per heavy atom. The van der Waals surface area contributed by atoms with Crippen molar-refractivity contribution in [2.24, 2.45) is 0 Å². The van der Waals surface area contributed by atoms with Crippen LogP contribution in [-0.2, 0) is 11.5 Å². The summed E-state index contributed by atoms with van der Waals surface area (Å²) in [5.41, 5.74) is 1.56. The summed E-state index contributed by atoms with van der Waals surface area (Å²) < 4.78 is 12.1. The Balaban J connectivity index is 1.42. The first-order chi connectivity index (χ1) is 11.3. The van der Waals surface area contributed by atoms with Gasteiger partial charge in [-0.1, -0.05) is 5.16 Å². The first-order valence-electron chi connectivity index (χ1n) is 6.82. The Morgan fingerprint density at radius 1 is 1.22 bits per heavy atom. The molecule has 0 fully saturated rings. The predicted octanol–water partition coefficient (Wildman–Crippen LogP) is 3.44. The second-order valence-electron chi connectivity index (χ2n) is 4.79. The molecule has 0 spiro atoms. The molecule has 0 aliphatic rings. The minimum atomic E-state index is -0.0478. The van der Waals surface area contributed by atoms with Crippen LogP contribution in [0.25, 0.3) is 16.5 Å². The van der Waals surface area contributed by atoms with E-state index >= 15 is 0 Å². The maximum absolute atomic E-state index is 11.9. The fourth-order valence-corrected chi connectivity index (χ4v) is 3.68. The molecule has 0 radical (unpaired) electrons. The molecule has 0 unspecified atom stereocenters. The topological polar surface area (TPSA) is 73.5 Å². The van der Waals surface area contributed by atoms with Crippen molar-refractivity contribution in [3.8, 4) is 11.5 Å². The summed E-state index contributed by atoms with van der Waals surface area (Å²) in [6.45, 7) is 0. The summed E-state index contributed by atoms with van der Waals surface area (Å²) in [4.78, 5) is 17.1. The van der Waals surface area contributed by atoms with Gasteiger partial charge >= 0.3 is 0 Å². The molecule has 116 valence electrons. The highest BCUT2D eigenvalue weighted by molar-refractivity contribution is 7.97. The Morgan fingerprint density at radius 2 is 2.13 bits per heavy atom. The van der Waals surface area contributed by atoms with Gasteiger partial charge in [0.1, 0.15) is 0 Å². The fourth-order valence-electron chi connectivity index (χ4n) is 2.14. The van der Waals surface area contributed by atoms with Gasteiger partial charge in [0.05, 0.1) is 17.7 Å². The van der Waals surface area contributed by atoms with E-state index in [2.05, 4.69) is 10.1 Å². The number of hydrogen-bond donors (Lipinski definition) is 0. The van der Waals surface area contributed by atoms with E-state index in [1.165, 1.54) is 11.3 Å². The molecular formula is C15H11N3O3S2. The monoisotopic (exact) mass is 345 g/mol. The fraction of sp³-hybridized carbons (Fsp3) is 0.133. The van der Waals surface area contributed by atoms with Gasteiger partial charge in [0.25, 0.3) is 5.56 Å². The molecule has 4 aromatic heterocycles. The van der Waals surface area contributed by atoms with Gasteiger partial charge in [0, 0.05) is 35.2 Å². The summed E-state index contributed by atoms with van der Waals surface area (Å²) in [6, 6.07) is 7.06. The van der Waals surface area contributed by atoms with Gasteiger partial charge in [0.2, 0.25) is 5.76 Å². The van der Waals surface area contributed by atoms with Crippen LogP contribution in [0.5, 0.6) is 0 Å². The molecule has 0 aliphatic carbocycles. The van der Waals surface area contributed by atoms with E-state index in [1.54, 1.807) is 40.8 Å². The molecule has 4 aromatic rings. The van der Waals surface area contributed by atoms with Crippen LogP contribution in [-0.4, -0.2) is 14.5 Å². The SMILES string of the molecule is O=c1cc(CSCc2cc(-c3ccco3)on2)nc2sccn12. The largest absolute Gasteiger partial charge is 0.461 e. The number of furan rings is 1. The third-order valence-electron chi connectivity index (χ3n) is 3.18. The minimum Gasteiger partial charge on any atom is -0.461 e. The van der Waals surface area contributed by atoms with Crippen molar-refractivity contribution < 1.29 is 8.94 Å². The molecule has 0 atom stereocenters. The third-order valence-corrected chi connectivity index (χ3v) is 4.94. The number of nitrogens with zero attached hydrogens (tertiary/aromatic N) is 3. The van der Waals surface area contributed by atoms with Gasteiger partial charge in [-0.15, -0.1) is 23.1 Å². The van der Waals surface area contributed by atoms with Gasteiger partial charge < -0.3 is 8.94 Å².